The van der Waals surface area contributed by atoms with E-state index in [1.165, 1.54) is 31.3 Å². The lowest BCUT2D eigenvalue weighted by molar-refractivity contribution is 0.0963. The molecule has 6 heteroatoms. The maximum absolute atomic E-state index is 12.1. The Bertz CT molecular complexity index is 562. The number of rotatable bonds is 5. The van der Waals surface area contributed by atoms with Crippen molar-refractivity contribution in [2.24, 2.45) is 5.92 Å². The second-order valence-corrected chi connectivity index (χ2v) is 6.56. The standard InChI is InChI=1S/C13H18N2O3S/c1-9(10-3-4-10)15-19(17,18)12-7-5-11(6-8-12)13(16)14-2/h5-10,15H,3-4H2,1-2H3,(H,14,16)/t9-/m1/s1. The van der Waals surface area contributed by atoms with Crippen LogP contribution in [0.2, 0.25) is 0 Å². The number of carbonyl (C=O) groups excluding carboxylic acids is 1. The Kier molecular flexibility index (Phi) is 3.91. The van der Waals surface area contributed by atoms with Gasteiger partial charge in [-0.05, 0) is 49.9 Å². The Labute approximate surface area is 113 Å². The van der Waals surface area contributed by atoms with Gasteiger partial charge in [-0.25, -0.2) is 13.1 Å². The molecule has 1 aromatic rings. The first-order valence-electron chi connectivity index (χ1n) is 6.28. The number of carbonyl (C=O) groups is 1. The third kappa shape index (κ3) is 3.33. The molecule has 2 N–H and O–H groups in total. The van der Waals surface area contributed by atoms with Crippen LogP contribution in [0.4, 0.5) is 0 Å². The predicted molar refractivity (Wildman–Crippen MR) is 72.3 cm³/mol. The summed E-state index contributed by atoms with van der Waals surface area (Å²) in [5.74, 6) is 0.225. The Morgan fingerprint density at radius 2 is 1.84 bits per heavy atom. The van der Waals surface area contributed by atoms with Gasteiger partial charge in [0.25, 0.3) is 5.91 Å². The van der Waals surface area contributed by atoms with Crippen molar-refractivity contribution < 1.29 is 13.2 Å². The van der Waals surface area contributed by atoms with Crippen LogP contribution in [-0.4, -0.2) is 27.4 Å². The van der Waals surface area contributed by atoms with Crippen molar-refractivity contribution in [2.75, 3.05) is 7.05 Å². The quantitative estimate of drug-likeness (QED) is 0.850. The number of sulfonamides is 1. The highest BCUT2D eigenvalue weighted by molar-refractivity contribution is 7.89. The highest BCUT2D eigenvalue weighted by atomic mass is 32.2. The van der Waals surface area contributed by atoms with Gasteiger partial charge in [0.1, 0.15) is 0 Å². The van der Waals surface area contributed by atoms with Gasteiger partial charge in [-0.15, -0.1) is 0 Å². The molecule has 1 aliphatic rings. The number of benzene rings is 1. The fourth-order valence-corrected chi connectivity index (χ4v) is 3.25. The second-order valence-electron chi connectivity index (χ2n) is 4.85. The average molecular weight is 282 g/mol. The highest BCUT2D eigenvalue weighted by Crippen LogP contribution is 2.33. The van der Waals surface area contributed by atoms with Crippen LogP contribution >= 0.6 is 0 Å². The molecule has 0 radical (unpaired) electrons. The molecule has 1 atom stereocenters. The van der Waals surface area contributed by atoms with Crippen molar-refractivity contribution in [3.05, 3.63) is 29.8 Å². The first kappa shape index (κ1) is 14.0. The Morgan fingerprint density at radius 1 is 1.26 bits per heavy atom. The Hall–Kier alpha value is -1.40. The lowest BCUT2D eigenvalue weighted by Gasteiger charge is -2.13. The summed E-state index contributed by atoms with van der Waals surface area (Å²) in [6.45, 7) is 1.88. The monoisotopic (exact) mass is 282 g/mol. The van der Waals surface area contributed by atoms with Gasteiger partial charge in [0, 0.05) is 18.7 Å². The maximum Gasteiger partial charge on any atom is 0.251 e. The number of amides is 1. The molecule has 0 saturated heterocycles. The second kappa shape index (κ2) is 5.30. The molecule has 1 fully saturated rings. The zero-order valence-corrected chi connectivity index (χ0v) is 11.8. The molecule has 0 bridgehead atoms. The molecule has 1 aliphatic carbocycles. The highest BCUT2D eigenvalue weighted by Gasteiger charge is 2.31. The Morgan fingerprint density at radius 3 is 2.32 bits per heavy atom. The van der Waals surface area contributed by atoms with Gasteiger partial charge in [-0.2, -0.15) is 0 Å². The van der Waals surface area contributed by atoms with E-state index >= 15 is 0 Å². The maximum atomic E-state index is 12.1. The van der Waals surface area contributed by atoms with Crippen molar-refractivity contribution in [2.45, 2.75) is 30.7 Å². The van der Waals surface area contributed by atoms with Gasteiger partial charge >= 0.3 is 0 Å². The van der Waals surface area contributed by atoms with E-state index in [-0.39, 0.29) is 16.8 Å². The molecule has 5 nitrogen and oxygen atoms in total. The van der Waals surface area contributed by atoms with Crippen molar-refractivity contribution in [1.82, 2.24) is 10.0 Å². The zero-order chi connectivity index (χ0) is 14.0. The van der Waals surface area contributed by atoms with E-state index in [1.807, 2.05) is 6.92 Å². The van der Waals surface area contributed by atoms with Gasteiger partial charge in [0.15, 0.2) is 0 Å². The molecule has 0 unspecified atom stereocenters. The summed E-state index contributed by atoms with van der Waals surface area (Å²) in [6, 6.07) is 5.88. The molecule has 19 heavy (non-hydrogen) atoms. The number of nitrogens with one attached hydrogen (secondary N) is 2. The zero-order valence-electron chi connectivity index (χ0n) is 11.0. The molecular weight excluding hydrogens is 264 g/mol. The van der Waals surface area contributed by atoms with Crippen LogP contribution < -0.4 is 10.0 Å². The van der Waals surface area contributed by atoms with Crippen molar-refractivity contribution >= 4 is 15.9 Å². The SMILES string of the molecule is CNC(=O)c1ccc(S(=O)(=O)N[C@H](C)C2CC2)cc1. The van der Waals surface area contributed by atoms with E-state index in [4.69, 9.17) is 0 Å². The summed E-state index contributed by atoms with van der Waals surface area (Å²) in [5, 5.41) is 2.49. The molecule has 104 valence electrons. The minimum absolute atomic E-state index is 0.0383. The molecule has 0 aromatic heterocycles. The molecule has 1 saturated carbocycles. The molecule has 0 spiro atoms. The Balaban J connectivity index is 2.13. The number of hydrogen-bond acceptors (Lipinski definition) is 3. The van der Waals surface area contributed by atoms with Gasteiger partial charge < -0.3 is 5.32 Å². The van der Waals surface area contributed by atoms with Crippen LogP contribution in [0.1, 0.15) is 30.1 Å². The normalized spacial score (nSPS) is 16.9. The topological polar surface area (TPSA) is 75.3 Å². The summed E-state index contributed by atoms with van der Waals surface area (Å²) >= 11 is 0. The van der Waals surface area contributed by atoms with E-state index < -0.39 is 10.0 Å². The molecule has 2 rings (SSSR count). The fraction of sp³-hybridized carbons (Fsp3) is 0.462. The molecule has 1 aromatic carbocycles. The van der Waals surface area contributed by atoms with E-state index in [0.717, 1.165) is 12.8 Å². The van der Waals surface area contributed by atoms with Crippen LogP contribution in [0.5, 0.6) is 0 Å². The molecule has 0 aliphatic heterocycles. The van der Waals surface area contributed by atoms with Crippen LogP contribution in [0.25, 0.3) is 0 Å². The van der Waals surface area contributed by atoms with Gasteiger partial charge in [-0.3, -0.25) is 4.79 Å². The van der Waals surface area contributed by atoms with E-state index in [1.54, 1.807) is 0 Å². The first-order valence-corrected chi connectivity index (χ1v) is 7.77. The van der Waals surface area contributed by atoms with Gasteiger partial charge in [0.2, 0.25) is 10.0 Å². The van der Waals surface area contributed by atoms with Crippen LogP contribution in [0, 0.1) is 5.92 Å². The minimum Gasteiger partial charge on any atom is -0.355 e. The lowest BCUT2D eigenvalue weighted by Crippen LogP contribution is -2.34. The third-order valence-electron chi connectivity index (χ3n) is 3.32. The van der Waals surface area contributed by atoms with Crippen molar-refractivity contribution in [3.63, 3.8) is 0 Å². The van der Waals surface area contributed by atoms with E-state index in [0.29, 0.717) is 11.5 Å². The largest absolute Gasteiger partial charge is 0.355 e. The summed E-state index contributed by atoms with van der Waals surface area (Å²) < 4.78 is 26.9. The van der Waals surface area contributed by atoms with Crippen molar-refractivity contribution in [1.29, 1.82) is 0 Å². The summed E-state index contributed by atoms with van der Waals surface area (Å²) in [5.41, 5.74) is 0.441. The lowest BCUT2D eigenvalue weighted by atomic mass is 10.2. The van der Waals surface area contributed by atoms with Gasteiger partial charge in [0.05, 0.1) is 4.90 Å². The smallest absolute Gasteiger partial charge is 0.251 e. The molecule has 1 amide bonds. The summed E-state index contributed by atoms with van der Waals surface area (Å²) in [4.78, 5) is 11.6. The van der Waals surface area contributed by atoms with Crippen LogP contribution in [0.3, 0.4) is 0 Å². The predicted octanol–water partition coefficient (Wildman–Crippen LogP) is 1.12. The molecular formula is C13H18N2O3S. The third-order valence-corrected chi connectivity index (χ3v) is 4.90. The van der Waals surface area contributed by atoms with Crippen LogP contribution in [0.15, 0.2) is 29.2 Å². The summed E-state index contributed by atoms with van der Waals surface area (Å²) in [6.07, 6.45) is 2.17. The van der Waals surface area contributed by atoms with Crippen molar-refractivity contribution in [3.8, 4) is 0 Å². The van der Waals surface area contributed by atoms with Gasteiger partial charge in [-0.1, -0.05) is 0 Å². The van der Waals surface area contributed by atoms with E-state index in [2.05, 4.69) is 10.0 Å². The fourth-order valence-electron chi connectivity index (χ4n) is 1.94. The van der Waals surface area contributed by atoms with E-state index in [9.17, 15) is 13.2 Å². The van der Waals surface area contributed by atoms with Crippen LogP contribution in [-0.2, 0) is 10.0 Å². The number of hydrogen-bond donors (Lipinski definition) is 2. The summed E-state index contributed by atoms with van der Waals surface area (Å²) in [7, 11) is -1.96. The molecule has 0 heterocycles. The minimum atomic E-state index is -3.50. The first-order chi connectivity index (χ1) is 8.94. The average Bonchev–Trinajstić information content (AvgIpc) is 3.21.